The molecule has 3 aromatic rings. The van der Waals surface area contributed by atoms with E-state index in [0.717, 1.165) is 25.1 Å². The molecule has 1 N–H and O–H groups in total. The molecule has 186 valence electrons. The number of piperidine rings is 1. The third-order valence-corrected chi connectivity index (χ3v) is 8.88. The van der Waals surface area contributed by atoms with Crippen LogP contribution in [0, 0.1) is 0 Å². The summed E-state index contributed by atoms with van der Waals surface area (Å²) in [6.45, 7) is 3.62. The Morgan fingerprint density at radius 3 is 2.60 bits per heavy atom. The van der Waals surface area contributed by atoms with Crippen molar-refractivity contribution < 1.29 is 13.2 Å². The van der Waals surface area contributed by atoms with Gasteiger partial charge in [0.25, 0.3) is 0 Å². The van der Waals surface area contributed by atoms with Gasteiger partial charge in [-0.05, 0) is 55.7 Å². The maximum Gasteiger partial charge on any atom is 0.243 e. The average Bonchev–Trinajstić information content (AvgIpc) is 3.27. The molecule has 1 aromatic heterocycles. The normalized spacial score (nSPS) is 16.8. The Labute approximate surface area is 215 Å². The molecule has 4 rings (SSSR count). The minimum absolute atomic E-state index is 0.0569. The Morgan fingerprint density at radius 1 is 1.14 bits per heavy atom. The van der Waals surface area contributed by atoms with E-state index in [1.165, 1.54) is 11.8 Å². The lowest BCUT2D eigenvalue weighted by Gasteiger charge is -2.31. The first-order valence-electron chi connectivity index (χ1n) is 11.5. The van der Waals surface area contributed by atoms with Crippen LogP contribution in [0.25, 0.3) is 0 Å². The average molecular weight is 534 g/mol. The number of halogens is 1. The molecule has 1 aliphatic heterocycles. The lowest BCUT2D eigenvalue weighted by molar-refractivity contribution is -0.113. The van der Waals surface area contributed by atoms with Crippen LogP contribution in [0.3, 0.4) is 0 Å². The van der Waals surface area contributed by atoms with E-state index in [0.29, 0.717) is 40.4 Å². The lowest BCUT2D eigenvalue weighted by Crippen LogP contribution is -2.39. The maximum atomic E-state index is 13.2. The molecule has 0 unspecified atom stereocenters. The van der Waals surface area contributed by atoms with Crippen molar-refractivity contribution >= 4 is 45.0 Å². The molecule has 1 atom stereocenters. The summed E-state index contributed by atoms with van der Waals surface area (Å²) < 4.78 is 29.9. The summed E-state index contributed by atoms with van der Waals surface area (Å²) in [6.07, 6.45) is 2.46. The highest BCUT2D eigenvalue weighted by atomic mass is 35.5. The maximum absolute atomic E-state index is 13.2. The summed E-state index contributed by atoms with van der Waals surface area (Å²) >= 11 is 7.22. The number of thioether (sulfide) groups is 1. The number of aromatic nitrogens is 3. The number of benzene rings is 2. The van der Waals surface area contributed by atoms with Gasteiger partial charge >= 0.3 is 0 Å². The number of nitrogens with one attached hydrogen (secondary N) is 1. The molecule has 0 spiro atoms. The fourth-order valence-electron chi connectivity index (χ4n) is 4.12. The third kappa shape index (κ3) is 6.24. The molecule has 0 bridgehead atoms. The van der Waals surface area contributed by atoms with Gasteiger partial charge in [0.2, 0.25) is 15.9 Å². The van der Waals surface area contributed by atoms with Crippen molar-refractivity contribution in [1.82, 2.24) is 19.1 Å². The standard InChI is InChI=1S/C24H28ClN5O3S2/c1-2-14-30-23(18-7-6-15-29(16-18)35(32,33)21-8-4-3-5-9-21)27-28-24(30)34-17-22(31)26-20-12-10-19(25)11-13-20/h3-5,8-13,18H,2,6-7,14-17H2,1H3,(H,26,31)/t18-/m0/s1. The Kier molecular flexibility index (Phi) is 8.48. The second kappa shape index (κ2) is 11.6. The minimum Gasteiger partial charge on any atom is -0.325 e. The van der Waals surface area contributed by atoms with Crippen molar-refractivity contribution in [2.45, 2.75) is 48.7 Å². The summed E-state index contributed by atoms with van der Waals surface area (Å²) in [7, 11) is -3.57. The van der Waals surface area contributed by atoms with Crippen molar-refractivity contribution in [2.24, 2.45) is 0 Å². The second-order valence-electron chi connectivity index (χ2n) is 8.35. The summed E-state index contributed by atoms with van der Waals surface area (Å²) in [5.74, 6) is 0.755. The van der Waals surface area contributed by atoms with Crippen LogP contribution in [0.5, 0.6) is 0 Å². The lowest BCUT2D eigenvalue weighted by atomic mass is 9.99. The van der Waals surface area contributed by atoms with Gasteiger partial charge in [0.05, 0.1) is 10.6 Å². The number of hydrogen-bond acceptors (Lipinski definition) is 6. The molecular weight excluding hydrogens is 506 g/mol. The van der Waals surface area contributed by atoms with Gasteiger partial charge in [-0.3, -0.25) is 4.79 Å². The van der Waals surface area contributed by atoms with Gasteiger partial charge in [-0.25, -0.2) is 8.42 Å². The highest BCUT2D eigenvalue weighted by Gasteiger charge is 2.33. The largest absolute Gasteiger partial charge is 0.325 e. The number of sulfonamides is 1. The van der Waals surface area contributed by atoms with Gasteiger partial charge in [0, 0.05) is 36.3 Å². The van der Waals surface area contributed by atoms with Crippen LogP contribution in [0.1, 0.15) is 37.9 Å². The van der Waals surface area contributed by atoms with Crippen LogP contribution >= 0.6 is 23.4 Å². The van der Waals surface area contributed by atoms with Crippen LogP contribution in [0.15, 0.2) is 64.6 Å². The zero-order valence-electron chi connectivity index (χ0n) is 19.4. The number of carbonyl (C=O) groups excluding carboxylic acids is 1. The SMILES string of the molecule is CCCn1c(SCC(=O)Nc2ccc(Cl)cc2)nnc1[C@H]1CCCN(S(=O)(=O)c2ccccc2)C1. The van der Waals surface area contributed by atoms with Gasteiger partial charge in [0.15, 0.2) is 5.16 Å². The first kappa shape index (κ1) is 25.7. The topological polar surface area (TPSA) is 97.2 Å². The number of nitrogens with zero attached hydrogens (tertiary/aromatic N) is 4. The summed E-state index contributed by atoms with van der Waals surface area (Å²) in [5, 5.41) is 12.9. The van der Waals surface area contributed by atoms with Crippen LogP contribution in [0.2, 0.25) is 5.02 Å². The van der Waals surface area contributed by atoms with E-state index < -0.39 is 10.0 Å². The minimum atomic E-state index is -3.57. The molecule has 1 aliphatic rings. The number of carbonyl (C=O) groups is 1. The number of anilines is 1. The molecule has 35 heavy (non-hydrogen) atoms. The van der Waals surface area contributed by atoms with Crippen LogP contribution in [-0.4, -0.2) is 52.2 Å². The van der Waals surface area contributed by atoms with Gasteiger partial charge in [-0.15, -0.1) is 10.2 Å². The Morgan fingerprint density at radius 2 is 1.89 bits per heavy atom. The van der Waals surface area contributed by atoms with Gasteiger partial charge < -0.3 is 9.88 Å². The van der Waals surface area contributed by atoms with E-state index >= 15 is 0 Å². The predicted octanol–water partition coefficient (Wildman–Crippen LogP) is 4.64. The zero-order valence-corrected chi connectivity index (χ0v) is 21.8. The van der Waals surface area contributed by atoms with Crippen molar-refractivity contribution in [1.29, 1.82) is 0 Å². The van der Waals surface area contributed by atoms with E-state index in [9.17, 15) is 13.2 Å². The predicted molar refractivity (Wildman–Crippen MR) is 138 cm³/mol. The van der Waals surface area contributed by atoms with E-state index in [2.05, 4.69) is 22.4 Å². The molecule has 2 heterocycles. The summed E-state index contributed by atoms with van der Waals surface area (Å²) in [6, 6.07) is 15.5. The first-order chi connectivity index (χ1) is 16.9. The second-order valence-corrected chi connectivity index (χ2v) is 11.7. The van der Waals surface area contributed by atoms with Gasteiger partial charge in [0.1, 0.15) is 5.82 Å². The van der Waals surface area contributed by atoms with Crippen molar-refractivity contribution in [3.63, 3.8) is 0 Å². The summed E-state index contributed by atoms with van der Waals surface area (Å²) in [5.41, 5.74) is 0.678. The van der Waals surface area contributed by atoms with Gasteiger partial charge in [-0.2, -0.15) is 4.31 Å². The van der Waals surface area contributed by atoms with Crippen LogP contribution < -0.4 is 5.32 Å². The first-order valence-corrected chi connectivity index (χ1v) is 14.4. The van der Waals surface area contributed by atoms with Crippen molar-refractivity contribution in [3.8, 4) is 0 Å². The molecule has 8 nitrogen and oxygen atoms in total. The Hall–Kier alpha value is -2.40. The van der Waals surface area contributed by atoms with Gasteiger partial charge in [-0.1, -0.05) is 48.5 Å². The fraction of sp³-hybridized carbons (Fsp3) is 0.375. The van der Waals surface area contributed by atoms with E-state index in [4.69, 9.17) is 11.6 Å². The monoisotopic (exact) mass is 533 g/mol. The molecule has 0 radical (unpaired) electrons. The van der Waals surface area contributed by atoms with E-state index in [1.54, 1.807) is 58.9 Å². The molecule has 1 fully saturated rings. The van der Waals surface area contributed by atoms with Crippen LogP contribution in [-0.2, 0) is 21.4 Å². The molecule has 2 aromatic carbocycles. The highest BCUT2D eigenvalue weighted by Crippen LogP contribution is 2.31. The molecule has 1 amide bonds. The quantitative estimate of drug-likeness (QED) is 0.402. The number of rotatable bonds is 9. The van der Waals surface area contributed by atoms with E-state index in [-0.39, 0.29) is 17.6 Å². The molecule has 0 aliphatic carbocycles. The van der Waals surface area contributed by atoms with Crippen molar-refractivity contribution in [3.05, 3.63) is 65.4 Å². The smallest absolute Gasteiger partial charge is 0.243 e. The molecule has 1 saturated heterocycles. The highest BCUT2D eigenvalue weighted by molar-refractivity contribution is 7.99. The molecule has 11 heteroatoms. The molecule has 0 saturated carbocycles. The van der Waals surface area contributed by atoms with Crippen molar-refractivity contribution in [2.75, 3.05) is 24.2 Å². The summed E-state index contributed by atoms with van der Waals surface area (Å²) in [4.78, 5) is 12.7. The third-order valence-electron chi connectivity index (χ3n) is 5.78. The Balaban J connectivity index is 1.45. The number of hydrogen-bond donors (Lipinski definition) is 1. The number of amides is 1. The fourth-order valence-corrected chi connectivity index (χ4v) is 6.56. The Bertz CT molecular complexity index is 1250. The van der Waals surface area contributed by atoms with Crippen LogP contribution in [0.4, 0.5) is 5.69 Å². The van der Waals surface area contributed by atoms with E-state index in [1.807, 2.05) is 4.57 Å². The molecular formula is C24H28ClN5O3S2. The zero-order chi connectivity index (χ0) is 24.8.